The number of fused-ring (bicyclic) bond motifs is 1. The van der Waals surface area contributed by atoms with Gasteiger partial charge in [-0.15, -0.1) is 0 Å². The second-order valence-electron chi connectivity index (χ2n) is 6.84. The summed E-state index contributed by atoms with van der Waals surface area (Å²) in [7, 11) is 0. The SMILES string of the molecule is CCCCn1c(SC(C)C(=O)Nc2ccc(C)cc2)nc2ccccc2c1=O. The van der Waals surface area contributed by atoms with Gasteiger partial charge in [-0.25, -0.2) is 4.98 Å². The number of aromatic nitrogens is 2. The standard InChI is InChI=1S/C22H25N3O2S/c1-4-5-14-25-21(27)18-8-6-7-9-19(18)24-22(25)28-16(3)20(26)23-17-12-10-15(2)11-13-17/h6-13,16H,4-5,14H2,1-3H3,(H,23,26). The molecule has 1 N–H and O–H groups in total. The molecule has 0 radical (unpaired) electrons. The van der Waals surface area contributed by atoms with Crippen LogP contribution in [0.5, 0.6) is 0 Å². The van der Waals surface area contributed by atoms with E-state index >= 15 is 0 Å². The summed E-state index contributed by atoms with van der Waals surface area (Å²) in [6.07, 6.45) is 1.87. The van der Waals surface area contributed by atoms with Crippen LogP contribution >= 0.6 is 11.8 Å². The molecule has 0 fully saturated rings. The lowest BCUT2D eigenvalue weighted by Gasteiger charge is -2.16. The van der Waals surface area contributed by atoms with Crippen molar-refractivity contribution in [2.24, 2.45) is 0 Å². The van der Waals surface area contributed by atoms with E-state index in [1.165, 1.54) is 11.8 Å². The first kappa shape index (κ1) is 20.1. The van der Waals surface area contributed by atoms with Crippen molar-refractivity contribution >= 4 is 34.3 Å². The number of benzene rings is 2. The molecule has 3 rings (SSSR count). The first-order valence-electron chi connectivity index (χ1n) is 9.53. The van der Waals surface area contributed by atoms with Gasteiger partial charge in [0.1, 0.15) is 0 Å². The van der Waals surface area contributed by atoms with Crippen LogP contribution in [0.2, 0.25) is 0 Å². The Morgan fingerprint density at radius 2 is 1.89 bits per heavy atom. The number of nitrogens with zero attached hydrogens (tertiary/aromatic N) is 2. The molecule has 1 unspecified atom stereocenters. The van der Waals surface area contributed by atoms with E-state index in [-0.39, 0.29) is 16.7 Å². The van der Waals surface area contributed by atoms with Gasteiger partial charge in [-0.3, -0.25) is 14.2 Å². The molecule has 1 atom stereocenters. The molecule has 28 heavy (non-hydrogen) atoms. The van der Waals surface area contributed by atoms with Crippen LogP contribution in [0.25, 0.3) is 10.9 Å². The zero-order chi connectivity index (χ0) is 20.1. The van der Waals surface area contributed by atoms with E-state index in [2.05, 4.69) is 17.2 Å². The molecular weight excluding hydrogens is 370 g/mol. The minimum atomic E-state index is -0.387. The van der Waals surface area contributed by atoms with Crippen LogP contribution in [0, 0.1) is 6.92 Å². The van der Waals surface area contributed by atoms with Crippen molar-refractivity contribution in [1.29, 1.82) is 0 Å². The Morgan fingerprint density at radius 3 is 2.61 bits per heavy atom. The molecule has 5 nitrogen and oxygen atoms in total. The van der Waals surface area contributed by atoms with Crippen molar-refractivity contribution in [2.75, 3.05) is 5.32 Å². The Balaban J connectivity index is 1.86. The lowest BCUT2D eigenvalue weighted by Crippen LogP contribution is -2.27. The third-order valence-electron chi connectivity index (χ3n) is 4.53. The van der Waals surface area contributed by atoms with E-state index in [0.717, 1.165) is 24.1 Å². The molecule has 0 spiro atoms. The zero-order valence-corrected chi connectivity index (χ0v) is 17.3. The first-order chi connectivity index (χ1) is 13.5. The highest BCUT2D eigenvalue weighted by atomic mass is 32.2. The van der Waals surface area contributed by atoms with Crippen LogP contribution in [-0.4, -0.2) is 20.7 Å². The minimum absolute atomic E-state index is 0.0484. The Labute approximate surface area is 169 Å². The topological polar surface area (TPSA) is 64.0 Å². The second kappa shape index (κ2) is 9.06. The van der Waals surface area contributed by atoms with Gasteiger partial charge in [0.15, 0.2) is 5.16 Å². The van der Waals surface area contributed by atoms with Crippen LogP contribution in [-0.2, 0) is 11.3 Å². The van der Waals surface area contributed by atoms with Gasteiger partial charge >= 0.3 is 0 Å². The Hall–Kier alpha value is -2.60. The quantitative estimate of drug-likeness (QED) is 0.468. The average molecular weight is 396 g/mol. The fourth-order valence-corrected chi connectivity index (χ4v) is 3.78. The molecule has 146 valence electrons. The molecule has 0 saturated carbocycles. The maximum atomic E-state index is 12.9. The first-order valence-corrected chi connectivity index (χ1v) is 10.4. The third-order valence-corrected chi connectivity index (χ3v) is 5.62. The summed E-state index contributed by atoms with van der Waals surface area (Å²) < 4.78 is 1.70. The highest BCUT2D eigenvalue weighted by Crippen LogP contribution is 2.24. The third kappa shape index (κ3) is 4.62. The van der Waals surface area contributed by atoms with Crippen LogP contribution in [0.4, 0.5) is 5.69 Å². The van der Waals surface area contributed by atoms with Crippen molar-refractivity contribution < 1.29 is 4.79 Å². The van der Waals surface area contributed by atoms with Crippen LogP contribution < -0.4 is 10.9 Å². The number of nitrogens with one attached hydrogen (secondary N) is 1. The number of rotatable bonds is 7. The number of aryl methyl sites for hydroxylation is 1. The van der Waals surface area contributed by atoms with Gasteiger partial charge < -0.3 is 5.32 Å². The normalized spacial score (nSPS) is 12.1. The van der Waals surface area contributed by atoms with Gasteiger partial charge in [0.2, 0.25) is 5.91 Å². The fraction of sp³-hybridized carbons (Fsp3) is 0.318. The molecule has 0 saturated heterocycles. The summed E-state index contributed by atoms with van der Waals surface area (Å²) in [5.74, 6) is -0.113. The predicted octanol–water partition coefficient (Wildman–Crippen LogP) is 4.62. The predicted molar refractivity (Wildman–Crippen MR) is 116 cm³/mol. The van der Waals surface area contributed by atoms with Gasteiger partial charge in [-0.1, -0.05) is 54.9 Å². The van der Waals surface area contributed by atoms with E-state index < -0.39 is 0 Å². The van der Waals surface area contributed by atoms with E-state index in [1.54, 1.807) is 10.6 Å². The van der Waals surface area contributed by atoms with E-state index in [0.29, 0.717) is 22.6 Å². The largest absolute Gasteiger partial charge is 0.325 e. The smallest absolute Gasteiger partial charge is 0.262 e. The molecule has 1 heterocycles. The highest BCUT2D eigenvalue weighted by Gasteiger charge is 2.19. The molecule has 0 aliphatic heterocycles. The molecule has 0 bridgehead atoms. The van der Waals surface area contributed by atoms with Crippen molar-refractivity contribution in [2.45, 2.75) is 50.6 Å². The van der Waals surface area contributed by atoms with Gasteiger partial charge in [0.25, 0.3) is 5.56 Å². The summed E-state index contributed by atoms with van der Waals surface area (Å²) in [5.41, 5.74) is 2.51. The van der Waals surface area contributed by atoms with Crippen molar-refractivity contribution in [3.8, 4) is 0 Å². The number of hydrogen-bond acceptors (Lipinski definition) is 4. The summed E-state index contributed by atoms with van der Waals surface area (Å²) in [6.45, 7) is 6.52. The molecule has 6 heteroatoms. The number of hydrogen-bond donors (Lipinski definition) is 1. The van der Waals surface area contributed by atoms with Crippen LogP contribution in [0.1, 0.15) is 32.3 Å². The molecule has 1 aromatic heterocycles. The number of amides is 1. The lowest BCUT2D eigenvalue weighted by atomic mass is 10.2. The maximum absolute atomic E-state index is 12.9. The summed E-state index contributed by atoms with van der Waals surface area (Å²) in [4.78, 5) is 30.2. The molecule has 2 aromatic carbocycles. The molecule has 3 aromatic rings. The number of unbranched alkanes of at least 4 members (excludes halogenated alkanes) is 1. The van der Waals surface area contributed by atoms with E-state index in [1.807, 2.05) is 56.3 Å². The van der Waals surface area contributed by atoms with Crippen LogP contribution in [0.3, 0.4) is 0 Å². The summed E-state index contributed by atoms with van der Waals surface area (Å²) >= 11 is 1.32. The number of anilines is 1. The van der Waals surface area contributed by atoms with Gasteiger partial charge in [0, 0.05) is 12.2 Å². The monoisotopic (exact) mass is 395 g/mol. The zero-order valence-electron chi connectivity index (χ0n) is 16.4. The summed E-state index contributed by atoms with van der Waals surface area (Å²) in [5, 5.41) is 3.74. The molecule has 1 amide bonds. The number of para-hydroxylation sites is 1. The van der Waals surface area contributed by atoms with E-state index in [4.69, 9.17) is 0 Å². The van der Waals surface area contributed by atoms with Crippen LogP contribution in [0.15, 0.2) is 58.5 Å². The van der Waals surface area contributed by atoms with Gasteiger partial charge in [-0.2, -0.15) is 0 Å². The molecular formula is C22H25N3O2S. The molecule has 0 aliphatic rings. The Kier molecular flexibility index (Phi) is 6.52. The Bertz CT molecular complexity index is 1030. The van der Waals surface area contributed by atoms with Gasteiger partial charge in [0.05, 0.1) is 16.2 Å². The van der Waals surface area contributed by atoms with Crippen molar-refractivity contribution in [3.63, 3.8) is 0 Å². The van der Waals surface area contributed by atoms with E-state index in [9.17, 15) is 9.59 Å². The lowest BCUT2D eigenvalue weighted by molar-refractivity contribution is -0.115. The van der Waals surface area contributed by atoms with Crippen molar-refractivity contribution in [1.82, 2.24) is 9.55 Å². The Morgan fingerprint density at radius 1 is 1.18 bits per heavy atom. The maximum Gasteiger partial charge on any atom is 0.262 e. The highest BCUT2D eigenvalue weighted by molar-refractivity contribution is 8.00. The van der Waals surface area contributed by atoms with Gasteiger partial charge in [-0.05, 0) is 44.5 Å². The summed E-state index contributed by atoms with van der Waals surface area (Å²) in [6, 6.07) is 15.0. The second-order valence-corrected chi connectivity index (χ2v) is 8.15. The minimum Gasteiger partial charge on any atom is -0.325 e. The number of carbonyl (C=O) groups is 1. The average Bonchev–Trinajstić information content (AvgIpc) is 2.69. The number of thioether (sulfide) groups is 1. The number of carbonyl (C=O) groups excluding carboxylic acids is 1. The van der Waals surface area contributed by atoms with Crippen molar-refractivity contribution in [3.05, 3.63) is 64.4 Å². The fourth-order valence-electron chi connectivity index (χ4n) is 2.84. The molecule has 0 aliphatic carbocycles.